The number of nitrogens with zero attached hydrogens (tertiary/aromatic N) is 2. The van der Waals surface area contributed by atoms with Crippen LogP contribution in [0.3, 0.4) is 0 Å². The predicted molar refractivity (Wildman–Crippen MR) is 66.7 cm³/mol. The first kappa shape index (κ1) is 12.2. The quantitative estimate of drug-likeness (QED) is 0.365. The van der Waals surface area contributed by atoms with E-state index in [1.807, 2.05) is 39.0 Å². The molecule has 1 aromatic rings. The molecule has 0 atom stereocenters. The first-order chi connectivity index (χ1) is 7.63. The van der Waals surface area contributed by atoms with Crippen molar-refractivity contribution in [1.29, 1.82) is 0 Å². The van der Waals surface area contributed by atoms with Crippen LogP contribution in [-0.2, 0) is 0 Å². The normalized spacial score (nSPS) is 13.4. The van der Waals surface area contributed by atoms with E-state index in [4.69, 9.17) is 5.21 Å². The fraction of sp³-hybridized carbons (Fsp3) is 0.231. The summed E-state index contributed by atoms with van der Waals surface area (Å²) < 4.78 is 0. The number of oxime groups is 1. The van der Waals surface area contributed by atoms with E-state index in [-0.39, 0.29) is 0 Å². The Morgan fingerprint density at radius 3 is 2.81 bits per heavy atom. The van der Waals surface area contributed by atoms with Gasteiger partial charge in [-0.3, -0.25) is 4.98 Å². The lowest BCUT2D eigenvalue weighted by molar-refractivity contribution is 0.322. The maximum Gasteiger partial charge on any atom is 0.0664 e. The van der Waals surface area contributed by atoms with E-state index < -0.39 is 0 Å². The number of hydrogen-bond donors (Lipinski definition) is 1. The lowest BCUT2D eigenvalue weighted by Crippen LogP contribution is -1.87. The molecule has 3 heteroatoms. The zero-order chi connectivity index (χ0) is 12.0. The molecule has 1 N–H and O–H groups in total. The Balaban J connectivity index is 2.93. The van der Waals surface area contributed by atoms with Crippen molar-refractivity contribution in [2.45, 2.75) is 20.8 Å². The van der Waals surface area contributed by atoms with Gasteiger partial charge in [0.2, 0.25) is 0 Å². The highest BCUT2D eigenvalue weighted by Crippen LogP contribution is 2.14. The third kappa shape index (κ3) is 3.69. The number of hydrogen-bond acceptors (Lipinski definition) is 3. The minimum absolute atomic E-state index is 0.966. The summed E-state index contributed by atoms with van der Waals surface area (Å²) in [7, 11) is 0. The summed E-state index contributed by atoms with van der Waals surface area (Å²) in [5.74, 6) is 0. The molecule has 1 rings (SSSR count). The van der Waals surface area contributed by atoms with Crippen LogP contribution in [0.25, 0.3) is 5.57 Å². The van der Waals surface area contributed by atoms with Crippen LogP contribution < -0.4 is 0 Å². The molecule has 0 aromatic carbocycles. The van der Waals surface area contributed by atoms with E-state index >= 15 is 0 Å². The molecule has 0 saturated heterocycles. The molecular weight excluding hydrogens is 200 g/mol. The second-order valence-electron chi connectivity index (χ2n) is 3.72. The highest BCUT2D eigenvalue weighted by atomic mass is 16.4. The van der Waals surface area contributed by atoms with E-state index in [2.05, 4.69) is 10.1 Å². The molecule has 0 unspecified atom stereocenters. The third-order valence-electron chi connectivity index (χ3n) is 2.17. The van der Waals surface area contributed by atoms with E-state index in [0.29, 0.717) is 0 Å². The fourth-order valence-corrected chi connectivity index (χ4v) is 1.37. The molecule has 84 valence electrons. The highest BCUT2D eigenvalue weighted by Gasteiger charge is 1.97. The zero-order valence-corrected chi connectivity index (χ0v) is 9.81. The van der Waals surface area contributed by atoms with Crippen molar-refractivity contribution < 1.29 is 5.21 Å². The molecule has 0 spiro atoms. The number of rotatable bonds is 3. The van der Waals surface area contributed by atoms with Crippen LogP contribution in [0.15, 0.2) is 41.2 Å². The standard InChI is InChI=1S/C13H16N2O/c1-10(5-7-15-16)8-12(3)13-9-11(2)4-6-14-13/h4-9,16H,1-3H3/b10-5-,12-8+,15-7+. The zero-order valence-electron chi connectivity index (χ0n) is 9.81. The lowest BCUT2D eigenvalue weighted by Gasteiger charge is -2.01. The van der Waals surface area contributed by atoms with Crippen molar-refractivity contribution in [1.82, 2.24) is 4.98 Å². The summed E-state index contributed by atoms with van der Waals surface area (Å²) in [6, 6.07) is 4.01. The summed E-state index contributed by atoms with van der Waals surface area (Å²) in [6.07, 6.45) is 6.89. The predicted octanol–water partition coefficient (Wildman–Crippen LogP) is 3.20. The van der Waals surface area contributed by atoms with Gasteiger partial charge in [0.25, 0.3) is 0 Å². The molecule has 0 bridgehead atoms. The molecule has 0 amide bonds. The van der Waals surface area contributed by atoms with Crippen LogP contribution >= 0.6 is 0 Å². The van der Waals surface area contributed by atoms with Gasteiger partial charge in [0.05, 0.1) is 11.9 Å². The number of allylic oxidation sites excluding steroid dienone is 4. The largest absolute Gasteiger partial charge is 0.411 e. The summed E-state index contributed by atoms with van der Waals surface area (Å²) in [6.45, 7) is 6.00. The molecule has 1 heterocycles. The minimum atomic E-state index is 0.966. The smallest absolute Gasteiger partial charge is 0.0664 e. The van der Waals surface area contributed by atoms with Gasteiger partial charge in [-0.15, -0.1) is 0 Å². The molecule has 16 heavy (non-hydrogen) atoms. The van der Waals surface area contributed by atoms with E-state index in [9.17, 15) is 0 Å². The second-order valence-corrected chi connectivity index (χ2v) is 3.72. The molecule has 0 radical (unpaired) electrons. The van der Waals surface area contributed by atoms with Gasteiger partial charge < -0.3 is 5.21 Å². The Morgan fingerprint density at radius 1 is 1.44 bits per heavy atom. The number of pyridine rings is 1. The monoisotopic (exact) mass is 216 g/mol. The minimum Gasteiger partial charge on any atom is -0.411 e. The molecule has 0 aliphatic heterocycles. The summed E-state index contributed by atoms with van der Waals surface area (Å²) in [5.41, 5.74) is 4.26. The van der Waals surface area contributed by atoms with Crippen LogP contribution in [0.5, 0.6) is 0 Å². The molecule has 1 aromatic heterocycles. The Hall–Kier alpha value is -1.90. The van der Waals surface area contributed by atoms with Crippen molar-refractivity contribution in [3.05, 3.63) is 47.3 Å². The van der Waals surface area contributed by atoms with Crippen molar-refractivity contribution >= 4 is 11.8 Å². The third-order valence-corrected chi connectivity index (χ3v) is 2.17. The fourth-order valence-electron chi connectivity index (χ4n) is 1.37. The van der Waals surface area contributed by atoms with Crippen molar-refractivity contribution in [3.8, 4) is 0 Å². The van der Waals surface area contributed by atoms with Gasteiger partial charge in [0.15, 0.2) is 0 Å². The lowest BCUT2D eigenvalue weighted by atomic mass is 10.1. The summed E-state index contributed by atoms with van der Waals surface area (Å²) in [4.78, 5) is 4.29. The molecule has 0 aliphatic carbocycles. The van der Waals surface area contributed by atoms with Crippen LogP contribution in [0, 0.1) is 6.92 Å². The Bertz CT molecular complexity index is 445. The molecule has 0 fully saturated rings. The first-order valence-electron chi connectivity index (χ1n) is 5.09. The molecule has 3 nitrogen and oxygen atoms in total. The van der Waals surface area contributed by atoms with Crippen molar-refractivity contribution in [2.75, 3.05) is 0 Å². The van der Waals surface area contributed by atoms with Gasteiger partial charge in [-0.25, -0.2) is 0 Å². The van der Waals surface area contributed by atoms with Gasteiger partial charge >= 0.3 is 0 Å². The average molecular weight is 216 g/mol. The molecule has 0 saturated carbocycles. The highest BCUT2D eigenvalue weighted by molar-refractivity contribution is 5.74. The number of aryl methyl sites for hydroxylation is 1. The maximum atomic E-state index is 8.29. The Kier molecular flexibility index (Phi) is 4.45. The van der Waals surface area contributed by atoms with Gasteiger partial charge in [0, 0.05) is 6.20 Å². The topological polar surface area (TPSA) is 45.5 Å². The first-order valence-corrected chi connectivity index (χ1v) is 5.09. The van der Waals surface area contributed by atoms with E-state index in [1.165, 1.54) is 11.8 Å². The van der Waals surface area contributed by atoms with Gasteiger partial charge in [-0.2, -0.15) is 0 Å². The summed E-state index contributed by atoms with van der Waals surface area (Å²) >= 11 is 0. The average Bonchev–Trinajstić information content (AvgIpc) is 2.26. The molecule has 0 aliphatic rings. The van der Waals surface area contributed by atoms with Gasteiger partial charge in [-0.05, 0) is 55.7 Å². The second kappa shape index (κ2) is 5.85. The van der Waals surface area contributed by atoms with Gasteiger partial charge in [0.1, 0.15) is 0 Å². The SMILES string of the molecule is CC(=C/C=N/O)/C=C(\C)c1cc(C)ccn1. The van der Waals surface area contributed by atoms with Crippen LogP contribution in [0.4, 0.5) is 0 Å². The van der Waals surface area contributed by atoms with E-state index in [1.54, 1.807) is 12.3 Å². The van der Waals surface area contributed by atoms with Gasteiger partial charge in [-0.1, -0.05) is 11.2 Å². The van der Waals surface area contributed by atoms with E-state index in [0.717, 1.165) is 16.8 Å². The van der Waals surface area contributed by atoms with Crippen LogP contribution in [0.1, 0.15) is 25.1 Å². The Morgan fingerprint density at radius 2 is 2.19 bits per heavy atom. The maximum absolute atomic E-state index is 8.29. The van der Waals surface area contributed by atoms with Crippen molar-refractivity contribution in [3.63, 3.8) is 0 Å². The van der Waals surface area contributed by atoms with Crippen LogP contribution in [-0.4, -0.2) is 16.4 Å². The summed E-state index contributed by atoms with van der Waals surface area (Å²) in [5, 5.41) is 11.2. The Labute approximate surface area is 95.8 Å². The number of aromatic nitrogens is 1. The van der Waals surface area contributed by atoms with Crippen LogP contribution in [0.2, 0.25) is 0 Å². The van der Waals surface area contributed by atoms with Crippen molar-refractivity contribution in [2.24, 2.45) is 5.16 Å². The molecular formula is C13H16N2O.